The number of hydrogen-bond donors (Lipinski definition) is 1. The van der Waals surface area contributed by atoms with Crippen molar-refractivity contribution in [3.05, 3.63) is 0 Å². The summed E-state index contributed by atoms with van der Waals surface area (Å²) in [4.78, 5) is 5.44. The van der Waals surface area contributed by atoms with E-state index in [1.165, 1.54) is 77.8 Å². The van der Waals surface area contributed by atoms with Crippen LogP contribution in [0.2, 0.25) is 0 Å². The minimum absolute atomic E-state index is 0.790. The van der Waals surface area contributed by atoms with Crippen LogP contribution in [0.15, 0.2) is 0 Å². The zero-order valence-electron chi connectivity index (χ0n) is 13.3. The quantitative estimate of drug-likeness (QED) is 0.804. The average molecular weight is 279 g/mol. The van der Waals surface area contributed by atoms with Crippen LogP contribution in [0.25, 0.3) is 0 Å². The summed E-state index contributed by atoms with van der Waals surface area (Å²) < 4.78 is 0. The first-order valence-corrected chi connectivity index (χ1v) is 9.03. The Morgan fingerprint density at radius 3 is 2.15 bits per heavy atom. The van der Waals surface area contributed by atoms with Gasteiger partial charge in [0.15, 0.2) is 0 Å². The third-order valence-electron chi connectivity index (χ3n) is 5.55. The molecule has 3 aliphatic rings. The van der Waals surface area contributed by atoms with Crippen molar-refractivity contribution in [3.8, 4) is 0 Å². The molecule has 3 fully saturated rings. The summed E-state index contributed by atoms with van der Waals surface area (Å²) >= 11 is 0. The molecule has 3 heteroatoms. The summed E-state index contributed by atoms with van der Waals surface area (Å²) in [7, 11) is 0. The van der Waals surface area contributed by atoms with E-state index in [2.05, 4.69) is 22.0 Å². The molecule has 0 aromatic heterocycles. The summed E-state index contributed by atoms with van der Waals surface area (Å²) in [5.74, 6) is 1.96. The Morgan fingerprint density at radius 1 is 0.850 bits per heavy atom. The van der Waals surface area contributed by atoms with Crippen molar-refractivity contribution in [2.24, 2.45) is 11.8 Å². The van der Waals surface area contributed by atoms with Crippen LogP contribution < -0.4 is 5.32 Å². The Hall–Kier alpha value is -0.120. The Morgan fingerprint density at radius 2 is 1.50 bits per heavy atom. The molecule has 0 bridgehead atoms. The van der Waals surface area contributed by atoms with E-state index in [1.54, 1.807) is 0 Å². The van der Waals surface area contributed by atoms with Gasteiger partial charge < -0.3 is 15.1 Å². The van der Waals surface area contributed by atoms with Gasteiger partial charge in [-0.05, 0) is 44.1 Å². The van der Waals surface area contributed by atoms with Crippen molar-refractivity contribution in [3.63, 3.8) is 0 Å². The van der Waals surface area contributed by atoms with Gasteiger partial charge in [-0.1, -0.05) is 19.8 Å². The van der Waals surface area contributed by atoms with E-state index in [0.29, 0.717) is 0 Å². The van der Waals surface area contributed by atoms with E-state index in [4.69, 9.17) is 0 Å². The molecule has 3 nitrogen and oxygen atoms in total. The Kier molecular flexibility index (Phi) is 5.36. The number of piperazine rings is 1. The van der Waals surface area contributed by atoms with Crippen molar-refractivity contribution < 1.29 is 0 Å². The molecule has 0 spiro atoms. The third kappa shape index (κ3) is 4.19. The lowest BCUT2D eigenvalue weighted by atomic mass is 9.84. The van der Waals surface area contributed by atoms with Crippen LogP contribution in [-0.4, -0.2) is 61.7 Å². The number of rotatable bonds is 6. The zero-order chi connectivity index (χ0) is 13.8. The SMILES string of the molecule is CCNC1CCCCC1CN1CCN(CC2CC2)CC1. The first kappa shape index (κ1) is 14.8. The molecular weight excluding hydrogens is 246 g/mol. The first-order valence-electron chi connectivity index (χ1n) is 9.03. The molecule has 1 N–H and O–H groups in total. The maximum atomic E-state index is 3.73. The van der Waals surface area contributed by atoms with Gasteiger partial charge in [-0.25, -0.2) is 0 Å². The van der Waals surface area contributed by atoms with E-state index >= 15 is 0 Å². The predicted octanol–water partition coefficient (Wildman–Crippen LogP) is 2.18. The van der Waals surface area contributed by atoms with Crippen LogP contribution in [0.5, 0.6) is 0 Å². The summed E-state index contributed by atoms with van der Waals surface area (Å²) in [5.41, 5.74) is 0. The molecule has 0 amide bonds. The summed E-state index contributed by atoms with van der Waals surface area (Å²) in [6.07, 6.45) is 8.72. The molecule has 1 aliphatic heterocycles. The van der Waals surface area contributed by atoms with Crippen LogP contribution >= 0.6 is 0 Å². The Labute approximate surface area is 125 Å². The zero-order valence-corrected chi connectivity index (χ0v) is 13.3. The molecule has 2 saturated carbocycles. The van der Waals surface area contributed by atoms with Crippen molar-refractivity contribution >= 4 is 0 Å². The highest BCUT2D eigenvalue weighted by Crippen LogP contribution is 2.30. The molecule has 3 rings (SSSR count). The first-order chi connectivity index (χ1) is 9.85. The largest absolute Gasteiger partial charge is 0.314 e. The predicted molar refractivity (Wildman–Crippen MR) is 85.0 cm³/mol. The molecule has 2 aliphatic carbocycles. The van der Waals surface area contributed by atoms with Gasteiger partial charge in [0.05, 0.1) is 0 Å². The van der Waals surface area contributed by atoms with Gasteiger partial charge in [-0.3, -0.25) is 0 Å². The molecule has 1 heterocycles. The molecule has 0 radical (unpaired) electrons. The lowest BCUT2D eigenvalue weighted by molar-refractivity contribution is 0.0970. The average Bonchev–Trinajstić information content (AvgIpc) is 3.27. The summed E-state index contributed by atoms with van der Waals surface area (Å²) in [6, 6.07) is 0.790. The fourth-order valence-electron chi connectivity index (χ4n) is 4.11. The summed E-state index contributed by atoms with van der Waals surface area (Å²) in [5, 5.41) is 3.73. The van der Waals surface area contributed by atoms with Gasteiger partial charge in [0.1, 0.15) is 0 Å². The minimum atomic E-state index is 0.790. The van der Waals surface area contributed by atoms with Gasteiger partial charge in [0.25, 0.3) is 0 Å². The van der Waals surface area contributed by atoms with E-state index < -0.39 is 0 Å². The van der Waals surface area contributed by atoms with Gasteiger partial charge in [0, 0.05) is 45.3 Å². The molecule has 0 aromatic rings. The second kappa shape index (κ2) is 7.24. The second-order valence-electron chi connectivity index (χ2n) is 7.25. The molecule has 1 saturated heterocycles. The number of nitrogens with zero attached hydrogens (tertiary/aromatic N) is 2. The van der Waals surface area contributed by atoms with Gasteiger partial charge in [0.2, 0.25) is 0 Å². The highest BCUT2D eigenvalue weighted by Gasteiger charge is 2.29. The molecule has 20 heavy (non-hydrogen) atoms. The van der Waals surface area contributed by atoms with Crippen LogP contribution in [0.4, 0.5) is 0 Å². The van der Waals surface area contributed by atoms with E-state index in [0.717, 1.165) is 24.4 Å². The van der Waals surface area contributed by atoms with Crippen molar-refractivity contribution in [1.29, 1.82) is 0 Å². The highest BCUT2D eigenvalue weighted by molar-refractivity contribution is 4.85. The molecular formula is C17H33N3. The monoisotopic (exact) mass is 279 g/mol. The normalized spacial score (nSPS) is 33.5. The molecule has 0 aromatic carbocycles. The van der Waals surface area contributed by atoms with Crippen LogP contribution in [0.1, 0.15) is 45.4 Å². The van der Waals surface area contributed by atoms with Crippen molar-refractivity contribution in [2.75, 3.05) is 45.8 Å². The smallest absolute Gasteiger partial charge is 0.0110 e. The van der Waals surface area contributed by atoms with Crippen LogP contribution in [0, 0.1) is 11.8 Å². The van der Waals surface area contributed by atoms with E-state index in [-0.39, 0.29) is 0 Å². The highest BCUT2D eigenvalue weighted by atomic mass is 15.3. The standard InChI is InChI=1S/C17H33N3/c1-2-18-17-6-4-3-5-16(17)14-20-11-9-19(10-12-20)13-15-7-8-15/h15-18H,2-14H2,1H3. The fourth-order valence-corrected chi connectivity index (χ4v) is 4.11. The van der Waals surface area contributed by atoms with Gasteiger partial charge in [-0.15, -0.1) is 0 Å². The lowest BCUT2D eigenvalue weighted by Crippen LogP contribution is -2.51. The molecule has 2 atom stereocenters. The van der Waals surface area contributed by atoms with E-state index in [1.807, 2.05) is 0 Å². The number of hydrogen-bond acceptors (Lipinski definition) is 3. The maximum absolute atomic E-state index is 3.73. The maximum Gasteiger partial charge on any atom is 0.0110 e. The van der Waals surface area contributed by atoms with Gasteiger partial charge >= 0.3 is 0 Å². The molecule has 2 unspecified atom stereocenters. The fraction of sp³-hybridized carbons (Fsp3) is 1.00. The third-order valence-corrected chi connectivity index (χ3v) is 5.55. The lowest BCUT2D eigenvalue weighted by Gasteiger charge is -2.40. The second-order valence-corrected chi connectivity index (χ2v) is 7.25. The number of nitrogens with one attached hydrogen (secondary N) is 1. The Bertz CT molecular complexity index is 280. The summed E-state index contributed by atoms with van der Waals surface area (Å²) in [6.45, 7) is 11.4. The van der Waals surface area contributed by atoms with E-state index in [9.17, 15) is 0 Å². The van der Waals surface area contributed by atoms with Crippen LogP contribution in [0.3, 0.4) is 0 Å². The van der Waals surface area contributed by atoms with Crippen LogP contribution in [-0.2, 0) is 0 Å². The van der Waals surface area contributed by atoms with Crippen molar-refractivity contribution in [2.45, 2.75) is 51.5 Å². The molecule has 116 valence electrons. The van der Waals surface area contributed by atoms with Gasteiger partial charge in [-0.2, -0.15) is 0 Å². The topological polar surface area (TPSA) is 18.5 Å². The Balaban J connectivity index is 1.40. The minimum Gasteiger partial charge on any atom is -0.314 e. The van der Waals surface area contributed by atoms with Crippen molar-refractivity contribution in [1.82, 2.24) is 15.1 Å².